The van der Waals surface area contributed by atoms with Gasteiger partial charge in [-0.25, -0.2) is 0 Å². The molecule has 1 rings (SSSR count). The third-order valence-electron chi connectivity index (χ3n) is 2.10. The fourth-order valence-corrected chi connectivity index (χ4v) is 1.40. The number of benzene rings is 1. The molecule has 0 aliphatic heterocycles. The first-order chi connectivity index (χ1) is 6.72. The second-order valence-corrected chi connectivity index (χ2v) is 3.83. The zero-order valence-electron chi connectivity index (χ0n) is 9.38. The van der Waals surface area contributed by atoms with Crippen LogP contribution in [0.2, 0.25) is 0 Å². The predicted octanol–water partition coefficient (Wildman–Crippen LogP) is 1.86. The van der Waals surface area contributed by atoms with Gasteiger partial charge in [0.25, 0.3) is 0 Å². The first kappa shape index (κ1) is 11.2. The van der Waals surface area contributed by atoms with Crippen molar-refractivity contribution in [3.8, 4) is 0 Å². The van der Waals surface area contributed by atoms with Gasteiger partial charge in [0.15, 0.2) is 0 Å². The lowest BCUT2D eigenvalue weighted by Crippen LogP contribution is -2.12. The molecular weight excluding hydrogens is 172 g/mol. The third-order valence-corrected chi connectivity index (χ3v) is 2.10. The second kappa shape index (κ2) is 5.78. The van der Waals surface area contributed by atoms with Gasteiger partial charge in [0.2, 0.25) is 0 Å². The molecule has 0 unspecified atom stereocenters. The Balaban J connectivity index is 2.50. The third kappa shape index (κ3) is 3.90. The first-order valence-corrected chi connectivity index (χ1v) is 5.15. The number of hydrogen-bond donors (Lipinski definition) is 1. The normalized spacial score (nSPS) is 10.9. The van der Waals surface area contributed by atoms with Gasteiger partial charge in [-0.15, -0.1) is 0 Å². The van der Waals surface area contributed by atoms with Crippen molar-refractivity contribution in [1.29, 1.82) is 0 Å². The van der Waals surface area contributed by atoms with Gasteiger partial charge < -0.3 is 10.2 Å². The van der Waals surface area contributed by atoms with Crippen molar-refractivity contribution in [1.82, 2.24) is 10.2 Å². The molecule has 0 aromatic heterocycles. The van der Waals surface area contributed by atoms with E-state index < -0.39 is 0 Å². The molecule has 14 heavy (non-hydrogen) atoms. The summed E-state index contributed by atoms with van der Waals surface area (Å²) in [6, 6.07) is 8.79. The van der Waals surface area contributed by atoms with E-state index in [0.717, 1.165) is 19.6 Å². The van der Waals surface area contributed by atoms with Crippen LogP contribution in [-0.4, -0.2) is 25.5 Å². The van der Waals surface area contributed by atoms with Crippen LogP contribution in [-0.2, 0) is 13.1 Å². The summed E-state index contributed by atoms with van der Waals surface area (Å²) in [6.45, 7) is 5.14. The van der Waals surface area contributed by atoms with E-state index >= 15 is 0 Å². The van der Waals surface area contributed by atoms with Crippen molar-refractivity contribution in [3.05, 3.63) is 35.4 Å². The van der Waals surface area contributed by atoms with Gasteiger partial charge in [-0.2, -0.15) is 0 Å². The average molecular weight is 192 g/mol. The fraction of sp³-hybridized carbons (Fsp3) is 0.500. The molecule has 0 fully saturated rings. The largest absolute Gasteiger partial charge is 0.313 e. The molecule has 2 heteroatoms. The maximum absolute atomic E-state index is 3.31. The van der Waals surface area contributed by atoms with Crippen molar-refractivity contribution >= 4 is 0 Å². The lowest BCUT2D eigenvalue weighted by atomic mass is 10.1. The molecule has 0 bridgehead atoms. The Morgan fingerprint density at radius 2 is 1.64 bits per heavy atom. The highest BCUT2D eigenvalue weighted by atomic mass is 15.0. The van der Waals surface area contributed by atoms with Crippen molar-refractivity contribution < 1.29 is 0 Å². The molecule has 0 aliphatic carbocycles. The van der Waals surface area contributed by atoms with Gasteiger partial charge in [-0.05, 0) is 31.8 Å². The molecule has 1 N–H and O–H groups in total. The summed E-state index contributed by atoms with van der Waals surface area (Å²) >= 11 is 0. The monoisotopic (exact) mass is 192 g/mol. The molecule has 0 amide bonds. The lowest BCUT2D eigenvalue weighted by molar-refractivity contribution is 0.402. The molecule has 0 radical (unpaired) electrons. The summed E-state index contributed by atoms with van der Waals surface area (Å²) in [5.74, 6) is 0. The van der Waals surface area contributed by atoms with E-state index in [2.05, 4.69) is 55.5 Å². The van der Waals surface area contributed by atoms with Crippen molar-refractivity contribution in [2.24, 2.45) is 0 Å². The molecule has 0 saturated heterocycles. The van der Waals surface area contributed by atoms with Crippen molar-refractivity contribution in [3.63, 3.8) is 0 Å². The summed E-state index contributed by atoms with van der Waals surface area (Å²) < 4.78 is 0. The van der Waals surface area contributed by atoms with Crippen LogP contribution < -0.4 is 5.32 Å². The van der Waals surface area contributed by atoms with Crippen LogP contribution in [0.5, 0.6) is 0 Å². The van der Waals surface area contributed by atoms with Gasteiger partial charge in [0, 0.05) is 13.1 Å². The standard InChI is InChI=1S/C12H20N2/c1-4-13-9-11-5-7-12(8-6-11)10-14(2)3/h5-8,13H,4,9-10H2,1-3H3. The Morgan fingerprint density at radius 1 is 1.07 bits per heavy atom. The zero-order chi connectivity index (χ0) is 10.4. The van der Waals surface area contributed by atoms with Gasteiger partial charge in [0.1, 0.15) is 0 Å². The molecule has 0 atom stereocenters. The van der Waals surface area contributed by atoms with Gasteiger partial charge in [-0.3, -0.25) is 0 Å². The summed E-state index contributed by atoms with van der Waals surface area (Å²) in [4.78, 5) is 2.18. The van der Waals surface area contributed by atoms with E-state index in [1.807, 2.05) is 0 Å². The average Bonchev–Trinajstić information content (AvgIpc) is 2.16. The Bertz CT molecular complexity index is 252. The van der Waals surface area contributed by atoms with E-state index in [0.29, 0.717) is 0 Å². The van der Waals surface area contributed by atoms with Crippen LogP contribution >= 0.6 is 0 Å². The minimum Gasteiger partial charge on any atom is -0.313 e. The Labute approximate surface area is 86.9 Å². The second-order valence-electron chi connectivity index (χ2n) is 3.83. The maximum Gasteiger partial charge on any atom is 0.0227 e. The number of hydrogen-bond acceptors (Lipinski definition) is 2. The molecule has 1 aromatic carbocycles. The van der Waals surface area contributed by atoms with E-state index in [1.54, 1.807) is 0 Å². The Morgan fingerprint density at radius 3 is 2.14 bits per heavy atom. The van der Waals surface area contributed by atoms with Crippen molar-refractivity contribution in [2.45, 2.75) is 20.0 Å². The van der Waals surface area contributed by atoms with E-state index in [1.165, 1.54) is 11.1 Å². The fourth-order valence-electron chi connectivity index (χ4n) is 1.40. The van der Waals surface area contributed by atoms with Crippen LogP contribution in [0, 0.1) is 0 Å². The molecular formula is C12H20N2. The smallest absolute Gasteiger partial charge is 0.0227 e. The minimum atomic E-state index is 0.971. The van der Waals surface area contributed by atoms with Gasteiger partial charge >= 0.3 is 0 Å². The van der Waals surface area contributed by atoms with E-state index in [9.17, 15) is 0 Å². The molecule has 0 spiro atoms. The molecule has 1 aromatic rings. The summed E-state index contributed by atoms with van der Waals surface area (Å²) in [6.07, 6.45) is 0. The summed E-state index contributed by atoms with van der Waals surface area (Å²) in [5, 5.41) is 3.31. The molecule has 0 heterocycles. The Hall–Kier alpha value is -0.860. The quantitative estimate of drug-likeness (QED) is 0.766. The molecule has 0 aliphatic rings. The number of rotatable bonds is 5. The zero-order valence-corrected chi connectivity index (χ0v) is 9.38. The van der Waals surface area contributed by atoms with Crippen LogP contribution in [0.1, 0.15) is 18.1 Å². The highest BCUT2D eigenvalue weighted by Gasteiger charge is 1.95. The maximum atomic E-state index is 3.31. The number of nitrogens with one attached hydrogen (secondary N) is 1. The topological polar surface area (TPSA) is 15.3 Å². The summed E-state index contributed by atoms with van der Waals surface area (Å²) in [7, 11) is 4.18. The van der Waals surface area contributed by atoms with Crippen molar-refractivity contribution in [2.75, 3.05) is 20.6 Å². The highest BCUT2D eigenvalue weighted by molar-refractivity contribution is 5.22. The van der Waals surface area contributed by atoms with Crippen LogP contribution in [0.15, 0.2) is 24.3 Å². The van der Waals surface area contributed by atoms with Gasteiger partial charge in [0.05, 0.1) is 0 Å². The molecule has 78 valence electrons. The predicted molar refractivity (Wildman–Crippen MR) is 61.2 cm³/mol. The van der Waals surface area contributed by atoms with Crippen LogP contribution in [0.3, 0.4) is 0 Å². The minimum absolute atomic E-state index is 0.971. The SMILES string of the molecule is CCNCc1ccc(CN(C)C)cc1. The van der Waals surface area contributed by atoms with E-state index in [-0.39, 0.29) is 0 Å². The number of nitrogens with zero attached hydrogens (tertiary/aromatic N) is 1. The van der Waals surface area contributed by atoms with Gasteiger partial charge in [-0.1, -0.05) is 31.2 Å². The summed E-state index contributed by atoms with van der Waals surface area (Å²) in [5.41, 5.74) is 2.73. The first-order valence-electron chi connectivity index (χ1n) is 5.15. The van der Waals surface area contributed by atoms with Crippen LogP contribution in [0.25, 0.3) is 0 Å². The molecule has 0 saturated carbocycles. The lowest BCUT2D eigenvalue weighted by Gasteiger charge is -2.10. The van der Waals surface area contributed by atoms with Crippen LogP contribution in [0.4, 0.5) is 0 Å². The Kier molecular flexibility index (Phi) is 4.63. The van der Waals surface area contributed by atoms with E-state index in [4.69, 9.17) is 0 Å². The molecule has 2 nitrogen and oxygen atoms in total. The highest BCUT2D eigenvalue weighted by Crippen LogP contribution is 2.05.